The molecule has 0 aliphatic carbocycles. The number of ether oxygens (including phenoxy) is 4. The third-order valence-electron chi connectivity index (χ3n) is 10.1. The zero-order valence-corrected chi connectivity index (χ0v) is 32.6. The van der Waals surface area contributed by atoms with Crippen LogP contribution in [0.3, 0.4) is 0 Å². The average Bonchev–Trinajstić information content (AvgIpc) is 3.67. The molecule has 4 aromatic carbocycles. The molecule has 0 bridgehead atoms. The Balaban J connectivity index is 1.15. The standard InChI is InChI=1S/C45H53N3O8/c1-45(2,3)56-42(51)39-15-10-24-48(39)28-36-26-40(33-18-16-31(29-49)17-19-33)55-43(54-36)34-22-20-32(21-23-34)37-14-9-8-13-35(37)27-46-44(52)47-38(41(50)53-4)25-30-11-6-5-7-12-30/h5-9,11-14,16-23,36,38-40,43,49H,10,15,24-29H2,1-4H3,(H2,46,47,52). The SMILES string of the molecule is COC(=O)C(Cc1ccccc1)NC(=O)NCc1ccccc1-c1ccc(C2OC(CN3CCCC3C(=O)OC(C)(C)C)CC(c3ccc(CO)cc3)O2)cc1. The third-order valence-corrected chi connectivity index (χ3v) is 10.1. The number of benzene rings is 4. The molecule has 0 radical (unpaired) electrons. The van der Waals surface area contributed by atoms with E-state index in [1.165, 1.54) is 7.11 Å². The molecular formula is C45H53N3O8. The highest BCUT2D eigenvalue weighted by atomic mass is 16.7. The van der Waals surface area contributed by atoms with Crippen molar-refractivity contribution in [2.24, 2.45) is 0 Å². The number of carbonyl (C=O) groups excluding carboxylic acids is 3. The highest BCUT2D eigenvalue weighted by Crippen LogP contribution is 2.39. The molecule has 56 heavy (non-hydrogen) atoms. The number of hydrogen-bond donors (Lipinski definition) is 3. The second-order valence-corrected chi connectivity index (χ2v) is 15.4. The van der Waals surface area contributed by atoms with E-state index in [4.69, 9.17) is 18.9 Å². The van der Waals surface area contributed by atoms with Crippen LogP contribution in [0.5, 0.6) is 0 Å². The number of urea groups is 1. The molecule has 2 aliphatic rings. The molecule has 11 heteroatoms. The Morgan fingerprint density at radius 2 is 1.57 bits per heavy atom. The second kappa shape index (κ2) is 18.7. The number of esters is 2. The minimum Gasteiger partial charge on any atom is -0.467 e. The van der Waals surface area contributed by atoms with Crippen LogP contribution < -0.4 is 10.6 Å². The molecule has 11 nitrogen and oxygen atoms in total. The third kappa shape index (κ3) is 10.8. The molecule has 0 saturated carbocycles. The van der Waals surface area contributed by atoms with Gasteiger partial charge in [-0.1, -0.05) is 103 Å². The zero-order valence-electron chi connectivity index (χ0n) is 32.6. The number of aliphatic hydroxyl groups excluding tert-OH is 1. The van der Waals surface area contributed by atoms with Crippen molar-refractivity contribution in [3.05, 3.63) is 131 Å². The number of methoxy groups -OCH3 is 1. The largest absolute Gasteiger partial charge is 0.467 e. The molecule has 4 aromatic rings. The Kier molecular flexibility index (Phi) is 13.6. The number of nitrogens with one attached hydrogen (secondary N) is 2. The lowest BCUT2D eigenvalue weighted by Crippen LogP contribution is -2.47. The normalized spacial score (nSPS) is 20.5. The van der Waals surface area contributed by atoms with Gasteiger partial charge in [-0.2, -0.15) is 0 Å². The second-order valence-electron chi connectivity index (χ2n) is 15.4. The van der Waals surface area contributed by atoms with Crippen molar-refractivity contribution in [2.45, 2.75) is 95.8 Å². The van der Waals surface area contributed by atoms with Crippen LogP contribution in [0.1, 0.15) is 80.2 Å². The smallest absolute Gasteiger partial charge is 0.328 e. The topological polar surface area (TPSA) is 136 Å². The minimum atomic E-state index is -0.838. The van der Waals surface area contributed by atoms with Gasteiger partial charge in [0.05, 0.1) is 25.9 Å². The number of hydrogen-bond acceptors (Lipinski definition) is 9. The quantitative estimate of drug-likeness (QED) is 0.126. The predicted molar refractivity (Wildman–Crippen MR) is 212 cm³/mol. The lowest BCUT2D eigenvalue weighted by atomic mass is 9.97. The maximum atomic E-state index is 13.1. The number of carbonyl (C=O) groups is 3. The first-order valence-electron chi connectivity index (χ1n) is 19.3. The van der Waals surface area contributed by atoms with Crippen molar-refractivity contribution < 1.29 is 38.4 Å². The Labute approximate surface area is 329 Å². The molecule has 2 amide bonds. The maximum absolute atomic E-state index is 13.1. The molecule has 5 unspecified atom stereocenters. The van der Waals surface area contributed by atoms with Gasteiger partial charge in [0, 0.05) is 31.5 Å². The van der Waals surface area contributed by atoms with Crippen molar-refractivity contribution in [1.29, 1.82) is 0 Å². The van der Waals surface area contributed by atoms with E-state index in [0.717, 1.165) is 58.3 Å². The summed E-state index contributed by atoms with van der Waals surface area (Å²) in [6.07, 6.45) is 1.42. The molecule has 5 atom stereocenters. The maximum Gasteiger partial charge on any atom is 0.328 e. The molecule has 0 aromatic heterocycles. The van der Waals surface area contributed by atoms with E-state index < -0.39 is 29.9 Å². The lowest BCUT2D eigenvalue weighted by Gasteiger charge is -2.38. The summed E-state index contributed by atoms with van der Waals surface area (Å²) in [6, 6.07) is 31.5. The van der Waals surface area contributed by atoms with E-state index in [1.54, 1.807) is 0 Å². The summed E-state index contributed by atoms with van der Waals surface area (Å²) < 4.78 is 24.0. The Hall–Kier alpha value is -5.07. The van der Waals surface area contributed by atoms with Crippen molar-refractivity contribution in [3.63, 3.8) is 0 Å². The van der Waals surface area contributed by atoms with Crippen LogP contribution in [0.4, 0.5) is 4.79 Å². The molecular weight excluding hydrogens is 711 g/mol. The number of likely N-dealkylation sites (tertiary alicyclic amines) is 1. The summed E-state index contributed by atoms with van der Waals surface area (Å²) in [6.45, 7) is 7.21. The van der Waals surface area contributed by atoms with Crippen molar-refractivity contribution in [1.82, 2.24) is 15.5 Å². The van der Waals surface area contributed by atoms with Crippen LogP contribution in [0, 0.1) is 0 Å². The lowest BCUT2D eigenvalue weighted by molar-refractivity contribution is -0.253. The first-order chi connectivity index (χ1) is 27.0. The van der Waals surface area contributed by atoms with E-state index in [2.05, 4.69) is 15.5 Å². The van der Waals surface area contributed by atoms with Crippen LogP contribution >= 0.6 is 0 Å². The van der Waals surface area contributed by atoms with E-state index in [1.807, 2.05) is 124 Å². The highest BCUT2D eigenvalue weighted by Gasteiger charge is 2.39. The molecule has 296 valence electrons. The molecule has 0 spiro atoms. The summed E-state index contributed by atoms with van der Waals surface area (Å²) >= 11 is 0. The van der Waals surface area contributed by atoms with Gasteiger partial charge in [-0.25, -0.2) is 9.59 Å². The van der Waals surface area contributed by atoms with E-state index in [9.17, 15) is 19.5 Å². The van der Waals surface area contributed by atoms with E-state index in [-0.39, 0.29) is 37.4 Å². The summed E-state index contributed by atoms with van der Waals surface area (Å²) in [5, 5.41) is 15.3. The fraction of sp³-hybridized carbons (Fsp3) is 0.400. The van der Waals surface area contributed by atoms with Gasteiger partial charge in [0.15, 0.2) is 6.29 Å². The summed E-state index contributed by atoms with van der Waals surface area (Å²) in [5.74, 6) is -0.719. The Morgan fingerprint density at radius 1 is 0.875 bits per heavy atom. The molecule has 6 rings (SSSR count). The van der Waals surface area contributed by atoms with Crippen LogP contribution in [0.2, 0.25) is 0 Å². The first-order valence-corrected chi connectivity index (χ1v) is 19.3. The molecule has 2 fully saturated rings. The van der Waals surface area contributed by atoms with Gasteiger partial charge in [0.1, 0.15) is 17.7 Å². The minimum absolute atomic E-state index is 0.0372. The van der Waals surface area contributed by atoms with Crippen LogP contribution in [0.25, 0.3) is 11.1 Å². The molecule has 2 saturated heterocycles. The van der Waals surface area contributed by atoms with Gasteiger partial charge in [0.2, 0.25) is 0 Å². The Morgan fingerprint density at radius 3 is 2.27 bits per heavy atom. The molecule has 2 heterocycles. The number of rotatable bonds is 13. The van der Waals surface area contributed by atoms with E-state index in [0.29, 0.717) is 19.4 Å². The van der Waals surface area contributed by atoms with Gasteiger partial charge in [-0.15, -0.1) is 0 Å². The predicted octanol–water partition coefficient (Wildman–Crippen LogP) is 6.78. The number of amides is 2. The van der Waals surface area contributed by atoms with Gasteiger partial charge >= 0.3 is 18.0 Å². The average molecular weight is 764 g/mol. The summed E-state index contributed by atoms with van der Waals surface area (Å²) in [5.41, 5.74) is 5.80. The van der Waals surface area contributed by atoms with Crippen LogP contribution in [-0.4, -0.2) is 72.0 Å². The van der Waals surface area contributed by atoms with Crippen molar-refractivity contribution in [2.75, 3.05) is 20.2 Å². The Bertz CT molecular complexity index is 1910. The number of aliphatic hydroxyl groups is 1. The van der Waals surface area contributed by atoms with Crippen LogP contribution in [0.15, 0.2) is 103 Å². The fourth-order valence-corrected chi connectivity index (χ4v) is 7.32. The fourth-order valence-electron chi connectivity index (χ4n) is 7.32. The van der Waals surface area contributed by atoms with Gasteiger partial charge in [0.25, 0.3) is 0 Å². The summed E-state index contributed by atoms with van der Waals surface area (Å²) in [4.78, 5) is 40.8. The van der Waals surface area contributed by atoms with Gasteiger partial charge < -0.3 is 34.7 Å². The van der Waals surface area contributed by atoms with Crippen LogP contribution in [-0.2, 0) is 48.1 Å². The van der Waals surface area contributed by atoms with Crippen molar-refractivity contribution in [3.8, 4) is 11.1 Å². The number of nitrogens with zero attached hydrogens (tertiary/aromatic N) is 1. The molecule has 2 aliphatic heterocycles. The molecule has 3 N–H and O–H groups in total. The van der Waals surface area contributed by atoms with Crippen molar-refractivity contribution >= 4 is 18.0 Å². The highest BCUT2D eigenvalue weighted by molar-refractivity contribution is 5.84. The van der Waals surface area contributed by atoms with Gasteiger partial charge in [-0.3, -0.25) is 9.69 Å². The first kappa shape index (κ1) is 40.6. The monoisotopic (exact) mass is 763 g/mol. The van der Waals surface area contributed by atoms with E-state index >= 15 is 0 Å². The summed E-state index contributed by atoms with van der Waals surface area (Å²) in [7, 11) is 1.31. The van der Waals surface area contributed by atoms with Gasteiger partial charge in [-0.05, 0) is 73.5 Å². The zero-order chi connectivity index (χ0) is 39.7.